The molecule has 2 nitrogen and oxygen atoms in total. The van der Waals surface area contributed by atoms with Crippen LogP contribution in [0.5, 0.6) is 0 Å². The molecule has 0 spiro atoms. The lowest BCUT2D eigenvalue weighted by atomic mass is 9.99. The summed E-state index contributed by atoms with van der Waals surface area (Å²) in [6.07, 6.45) is 5.56. The number of nitrogens with one attached hydrogen (secondary N) is 1. The molecule has 0 aromatic heterocycles. The molecule has 0 aliphatic carbocycles. The second-order valence-corrected chi connectivity index (χ2v) is 3.75. The van der Waals surface area contributed by atoms with Crippen molar-refractivity contribution in [1.29, 1.82) is 0 Å². The Morgan fingerprint density at radius 2 is 1.85 bits per heavy atom. The fourth-order valence-electron chi connectivity index (χ4n) is 1.39. The molecule has 0 amide bonds. The van der Waals surface area contributed by atoms with Crippen molar-refractivity contribution in [3.63, 3.8) is 0 Å². The van der Waals surface area contributed by atoms with Gasteiger partial charge in [0, 0.05) is 6.54 Å². The van der Waals surface area contributed by atoms with E-state index in [9.17, 15) is 5.11 Å². The van der Waals surface area contributed by atoms with E-state index < -0.39 is 0 Å². The average Bonchev–Trinajstić information content (AvgIpc) is 2.17. The first kappa shape index (κ1) is 12.9. The van der Waals surface area contributed by atoms with Crippen LogP contribution in [0.1, 0.15) is 52.9 Å². The minimum Gasteiger partial charge on any atom is -0.379 e. The van der Waals surface area contributed by atoms with Gasteiger partial charge in [0.15, 0.2) is 0 Å². The maximum Gasteiger partial charge on any atom is 0.104 e. The standard InChI is InChI=1S/C11H25NO/c1-4-7-8-10(5-2)9-12-11(13)6-3/h10-13H,4-9H2,1-3H3. The SMILES string of the molecule is CCCCC(CC)CNC(O)CC. The Kier molecular flexibility index (Phi) is 8.46. The number of hydrogen-bond donors (Lipinski definition) is 2. The zero-order valence-corrected chi connectivity index (χ0v) is 9.34. The molecule has 0 fully saturated rings. The highest BCUT2D eigenvalue weighted by Gasteiger charge is 2.07. The van der Waals surface area contributed by atoms with Gasteiger partial charge < -0.3 is 5.11 Å². The zero-order chi connectivity index (χ0) is 10.1. The number of rotatable bonds is 8. The van der Waals surface area contributed by atoms with Gasteiger partial charge in [-0.05, 0) is 18.8 Å². The molecule has 0 aromatic rings. The lowest BCUT2D eigenvalue weighted by Gasteiger charge is -2.17. The zero-order valence-electron chi connectivity index (χ0n) is 9.34. The molecule has 0 heterocycles. The molecular weight excluding hydrogens is 162 g/mol. The first-order valence-corrected chi connectivity index (χ1v) is 5.65. The second-order valence-electron chi connectivity index (χ2n) is 3.75. The third-order valence-corrected chi connectivity index (χ3v) is 2.57. The van der Waals surface area contributed by atoms with Crippen LogP contribution >= 0.6 is 0 Å². The second kappa shape index (κ2) is 8.52. The quantitative estimate of drug-likeness (QED) is 0.572. The van der Waals surface area contributed by atoms with Crippen LogP contribution < -0.4 is 5.32 Å². The van der Waals surface area contributed by atoms with Crippen molar-refractivity contribution in [2.75, 3.05) is 6.54 Å². The van der Waals surface area contributed by atoms with E-state index >= 15 is 0 Å². The van der Waals surface area contributed by atoms with E-state index in [0.29, 0.717) is 0 Å². The van der Waals surface area contributed by atoms with Gasteiger partial charge >= 0.3 is 0 Å². The van der Waals surface area contributed by atoms with Gasteiger partial charge in [-0.3, -0.25) is 5.32 Å². The fourth-order valence-corrected chi connectivity index (χ4v) is 1.39. The molecule has 80 valence electrons. The highest BCUT2D eigenvalue weighted by Crippen LogP contribution is 2.11. The van der Waals surface area contributed by atoms with Crippen molar-refractivity contribution in [1.82, 2.24) is 5.32 Å². The lowest BCUT2D eigenvalue weighted by Crippen LogP contribution is -2.32. The summed E-state index contributed by atoms with van der Waals surface area (Å²) < 4.78 is 0. The lowest BCUT2D eigenvalue weighted by molar-refractivity contribution is 0.125. The summed E-state index contributed by atoms with van der Waals surface area (Å²) in [7, 11) is 0. The van der Waals surface area contributed by atoms with Crippen molar-refractivity contribution in [3.05, 3.63) is 0 Å². The van der Waals surface area contributed by atoms with Crippen molar-refractivity contribution in [2.24, 2.45) is 5.92 Å². The van der Waals surface area contributed by atoms with Crippen molar-refractivity contribution < 1.29 is 5.11 Å². The Labute approximate surface area is 82.7 Å². The summed E-state index contributed by atoms with van der Waals surface area (Å²) in [5.74, 6) is 0.737. The minimum absolute atomic E-state index is 0.310. The van der Waals surface area contributed by atoms with Crippen LogP contribution in [0.25, 0.3) is 0 Å². The van der Waals surface area contributed by atoms with Gasteiger partial charge in [0.25, 0.3) is 0 Å². The van der Waals surface area contributed by atoms with Crippen molar-refractivity contribution in [2.45, 2.75) is 59.1 Å². The Hall–Kier alpha value is -0.0800. The average molecular weight is 187 g/mol. The topological polar surface area (TPSA) is 32.3 Å². The third-order valence-electron chi connectivity index (χ3n) is 2.57. The molecule has 0 aliphatic heterocycles. The number of aliphatic hydroxyl groups is 1. The monoisotopic (exact) mass is 187 g/mol. The van der Waals surface area contributed by atoms with Crippen LogP contribution in [-0.2, 0) is 0 Å². The summed E-state index contributed by atoms with van der Waals surface area (Å²) in [6, 6.07) is 0. The highest BCUT2D eigenvalue weighted by atomic mass is 16.3. The first-order chi connectivity index (χ1) is 6.24. The van der Waals surface area contributed by atoms with Crippen LogP contribution in [0, 0.1) is 5.92 Å². The molecule has 0 aromatic carbocycles. The maximum atomic E-state index is 9.32. The molecule has 0 saturated carbocycles. The third kappa shape index (κ3) is 7.03. The van der Waals surface area contributed by atoms with E-state index in [1.54, 1.807) is 0 Å². The molecule has 13 heavy (non-hydrogen) atoms. The van der Waals surface area contributed by atoms with Gasteiger partial charge in [-0.25, -0.2) is 0 Å². The van der Waals surface area contributed by atoms with E-state index in [1.165, 1.54) is 25.7 Å². The number of aliphatic hydroxyl groups excluding tert-OH is 1. The minimum atomic E-state index is -0.310. The summed E-state index contributed by atoms with van der Waals surface area (Å²) in [4.78, 5) is 0. The van der Waals surface area contributed by atoms with Crippen LogP contribution in [0.2, 0.25) is 0 Å². The highest BCUT2D eigenvalue weighted by molar-refractivity contribution is 4.61. The van der Waals surface area contributed by atoms with Gasteiger partial charge in [0.2, 0.25) is 0 Å². The van der Waals surface area contributed by atoms with Gasteiger partial charge in [-0.1, -0.05) is 40.0 Å². The molecule has 0 radical (unpaired) electrons. The molecule has 2 heteroatoms. The molecule has 0 bridgehead atoms. The summed E-state index contributed by atoms with van der Waals surface area (Å²) in [6.45, 7) is 7.40. The Morgan fingerprint density at radius 3 is 2.31 bits per heavy atom. The first-order valence-electron chi connectivity index (χ1n) is 5.65. The van der Waals surface area contributed by atoms with E-state index in [2.05, 4.69) is 19.2 Å². The van der Waals surface area contributed by atoms with E-state index in [4.69, 9.17) is 0 Å². The van der Waals surface area contributed by atoms with Crippen LogP contribution in [0.3, 0.4) is 0 Å². The van der Waals surface area contributed by atoms with E-state index in [0.717, 1.165) is 18.9 Å². The van der Waals surface area contributed by atoms with Crippen molar-refractivity contribution in [3.8, 4) is 0 Å². The number of unbranched alkanes of at least 4 members (excludes halogenated alkanes) is 1. The maximum absolute atomic E-state index is 9.32. The van der Waals surface area contributed by atoms with Gasteiger partial charge in [0.05, 0.1) is 0 Å². The molecular formula is C11H25NO. The van der Waals surface area contributed by atoms with Gasteiger partial charge in [-0.15, -0.1) is 0 Å². The van der Waals surface area contributed by atoms with Gasteiger partial charge in [-0.2, -0.15) is 0 Å². The summed E-state index contributed by atoms with van der Waals surface area (Å²) in [5.41, 5.74) is 0. The molecule has 2 atom stereocenters. The Morgan fingerprint density at radius 1 is 1.15 bits per heavy atom. The molecule has 2 N–H and O–H groups in total. The molecule has 0 rings (SSSR count). The van der Waals surface area contributed by atoms with Crippen LogP contribution in [0.15, 0.2) is 0 Å². The van der Waals surface area contributed by atoms with Crippen LogP contribution in [0.4, 0.5) is 0 Å². The number of hydrogen-bond acceptors (Lipinski definition) is 2. The fraction of sp³-hybridized carbons (Fsp3) is 1.00. The summed E-state index contributed by atoms with van der Waals surface area (Å²) >= 11 is 0. The smallest absolute Gasteiger partial charge is 0.104 e. The molecule has 2 unspecified atom stereocenters. The van der Waals surface area contributed by atoms with Crippen LogP contribution in [-0.4, -0.2) is 17.9 Å². The summed E-state index contributed by atoms with van der Waals surface area (Å²) in [5, 5.41) is 12.5. The van der Waals surface area contributed by atoms with Gasteiger partial charge in [0.1, 0.15) is 6.23 Å². The largest absolute Gasteiger partial charge is 0.379 e. The molecule has 0 aliphatic rings. The Balaban J connectivity index is 3.46. The predicted octanol–water partition coefficient (Wildman–Crippen LogP) is 2.52. The normalized spacial score (nSPS) is 15.7. The van der Waals surface area contributed by atoms with E-state index in [1.807, 2.05) is 6.92 Å². The Bertz CT molecular complexity index is 106. The van der Waals surface area contributed by atoms with Crippen molar-refractivity contribution >= 4 is 0 Å². The predicted molar refractivity (Wildman–Crippen MR) is 57.6 cm³/mol. The van der Waals surface area contributed by atoms with E-state index in [-0.39, 0.29) is 6.23 Å². The molecule has 0 saturated heterocycles.